The van der Waals surface area contributed by atoms with Gasteiger partial charge in [0.2, 0.25) is 5.91 Å². The molecule has 6 heteroatoms. The third-order valence-electron chi connectivity index (χ3n) is 3.71. The second-order valence-electron chi connectivity index (χ2n) is 5.21. The van der Waals surface area contributed by atoms with E-state index in [1.807, 2.05) is 0 Å². The minimum absolute atomic E-state index is 0.145. The van der Waals surface area contributed by atoms with Crippen LogP contribution in [0.5, 0.6) is 5.75 Å². The van der Waals surface area contributed by atoms with Gasteiger partial charge in [0.15, 0.2) is 0 Å². The molecule has 1 fully saturated rings. The molecule has 1 saturated carbocycles. The highest BCUT2D eigenvalue weighted by atomic mass is 16.4. The highest BCUT2D eigenvalue weighted by Gasteiger charge is 2.46. The van der Waals surface area contributed by atoms with Gasteiger partial charge in [0, 0.05) is 0 Å². The van der Waals surface area contributed by atoms with Crippen LogP contribution in [0.3, 0.4) is 0 Å². The number of carbonyl (C=O) groups is 2. The van der Waals surface area contributed by atoms with Crippen molar-refractivity contribution < 1.29 is 19.8 Å². The van der Waals surface area contributed by atoms with Gasteiger partial charge in [-0.15, -0.1) is 0 Å². The normalized spacial score (nSPS) is 17.9. The molecule has 1 aliphatic carbocycles. The van der Waals surface area contributed by atoms with Crippen molar-refractivity contribution in [3.8, 4) is 5.75 Å². The zero-order valence-electron chi connectivity index (χ0n) is 11.0. The number of hydrogen-bond acceptors (Lipinski definition) is 4. The van der Waals surface area contributed by atoms with E-state index in [0.29, 0.717) is 19.3 Å². The summed E-state index contributed by atoms with van der Waals surface area (Å²) in [6, 6.07) is 5.59. The van der Waals surface area contributed by atoms with E-state index in [1.165, 1.54) is 12.1 Å². The van der Waals surface area contributed by atoms with Gasteiger partial charge in [0.05, 0.1) is 6.04 Å². The van der Waals surface area contributed by atoms with Crippen LogP contribution in [0.2, 0.25) is 0 Å². The minimum atomic E-state index is -1.14. The molecule has 1 amide bonds. The summed E-state index contributed by atoms with van der Waals surface area (Å²) < 4.78 is 0. The van der Waals surface area contributed by atoms with E-state index in [-0.39, 0.29) is 5.75 Å². The van der Waals surface area contributed by atoms with Gasteiger partial charge in [-0.25, -0.2) is 4.79 Å². The van der Waals surface area contributed by atoms with E-state index in [2.05, 4.69) is 5.32 Å². The summed E-state index contributed by atoms with van der Waals surface area (Å²) in [5.74, 6) is -1.32. The van der Waals surface area contributed by atoms with Crippen molar-refractivity contribution in [3.63, 3.8) is 0 Å². The molecule has 1 aromatic carbocycles. The standard InChI is InChI=1S/C14H18N2O4/c15-11(8-9-2-4-10(17)5-3-9)12(18)16-14(13(19)20)6-1-7-14/h2-5,11,17H,1,6-8,15H2,(H,16,18)(H,19,20). The van der Waals surface area contributed by atoms with Crippen LogP contribution in [0.25, 0.3) is 0 Å². The molecule has 0 aromatic heterocycles. The van der Waals surface area contributed by atoms with E-state index in [9.17, 15) is 14.7 Å². The maximum Gasteiger partial charge on any atom is 0.329 e. The van der Waals surface area contributed by atoms with Gasteiger partial charge < -0.3 is 21.3 Å². The third kappa shape index (κ3) is 2.91. The first-order chi connectivity index (χ1) is 9.43. The first-order valence-corrected chi connectivity index (χ1v) is 6.52. The lowest BCUT2D eigenvalue weighted by atomic mass is 9.76. The highest BCUT2D eigenvalue weighted by molar-refractivity contribution is 5.90. The molecule has 0 spiro atoms. The molecule has 1 aromatic rings. The molecule has 1 unspecified atom stereocenters. The second-order valence-corrected chi connectivity index (χ2v) is 5.21. The van der Waals surface area contributed by atoms with Crippen LogP contribution in [0.15, 0.2) is 24.3 Å². The van der Waals surface area contributed by atoms with Gasteiger partial charge in [-0.05, 0) is 43.4 Å². The largest absolute Gasteiger partial charge is 0.508 e. The molecule has 5 N–H and O–H groups in total. The molecule has 0 aliphatic heterocycles. The number of carboxylic acids is 1. The van der Waals surface area contributed by atoms with Gasteiger partial charge in [-0.3, -0.25) is 4.79 Å². The average molecular weight is 278 g/mol. The molecule has 2 rings (SSSR count). The van der Waals surface area contributed by atoms with Gasteiger partial charge in [-0.1, -0.05) is 12.1 Å². The number of hydrogen-bond donors (Lipinski definition) is 4. The number of rotatable bonds is 5. The van der Waals surface area contributed by atoms with Crippen LogP contribution in [-0.4, -0.2) is 33.7 Å². The Hall–Kier alpha value is -2.08. The van der Waals surface area contributed by atoms with Gasteiger partial charge >= 0.3 is 5.97 Å². The molecule has 0 heterocycles. The Bertz CT molecular complexity index is 508. The van der Waals surface area contributed by atoms with Crippen molar-refractivity contribution in [3.05, 3.63) is 29.8 Å². The maximum absolute atomic E-state index is 12.0. The number of carbonyl (C=O) groups excluding carboxylic acids is 1. The summed E-state index contributed by atoms with van der Waals surface area (Å²) in [6.45, 7) is 0. The Morgan fingerprint density at radius 2 is 1.90 bits per heavy atom. The molecule has 0 saturated heterocycles. The van der Waals surface area contributed by atoms with E-state index < -0.39 is 23.5 Å². The molecule has 20 heavy (non-hydrogen) atoms. The number of benzene rings is 1. The number of nitrogens with one attached hydrogen (secondary N) is 1. The van der Waals surface area contributed by atoms with Gasteiger partial charge in [0.1, 0.15) is 11.3 Å². The summed E-state index contributed by atoms with van der Waals surface area (Å²) in [4.78, 5) is 23.2. The summed E-state index contributed by atoms with van der Waals surface area (Å²) in [7, 11) is 0. The number of phenolic OH excluding ortho intramolecular Hbond substituents is 1. The smallest absolute Gasteiger partial charge is 0.329 e. The summed E-state index contributed by atoms with van der Waals surface area (Å²) >= 11 is 0. The Morgan fingerprint density at radius 3 is 2.35 bits per heavy atom. The number of carboxylic acid groups (broad SMARTS) is 1. The molecule has 108 valence electrons. The van der Waals surface area contributed by atoms with Gasteiger partial charge in [-0.2, -0.15) is 0 Å². The molecular weight excluding hydrogens is 260 g/mol. The van der Waals surface area contributed by atoms with Crippen LogP contribution in [0, 0.1) is 0 Å². The van der Waals surface area contributed by atoms with E-state index in [0.717, 1.165) is 12.0 Å². The van der Waals surface area contributed by atoms with Crippen molar-refractivity contribution in [1.82, 2.24) is 5.32 Å². The zero-order valence-corrected chi connectivity index (χ0v) is 11.0. The number of nitrogens with two attached hydrogens (primary N) is 1. The van der Waals surface area contributed by atoms with Crippen LogP contribution >= 0.6 is 0 Å². The fraction of sp³-hybridized carbons (Fsp3) is 0.429. The Morgan fingerprint density at radius 1 is 1.30 bits per heavy atom. The van der Waals surface area contributed by atoms with Crippen LogP contribution in [0.1, 0.15) is 24.8 Å². The van der Waals surface area contributed by atoms with Crippen molar-refractivity contribution in [2.24, 2.45) is 5.73 Å². The lowest BCUT2D eigenvalue weighted by Gasteiger charge is -2.38. The number of amides is 1. The Kier molecular flexibility index (Phi) is 3.94. The van der Waals surface area contributed by atoms with Crippen molar-refractivity contribution in [1.29, 1.82) is 0 Å². The second kappa shape index (κ2) is 5.50. The molecule has 6 nitrogen and oxygen atoms in total. The number of aliphatic carboxylic acids is 1. The highest BCUT2D eigenvalue weighted by Crippen LogP contribution is 2.32. The van der Waals surface area contributed by atoms with E-state index in [4.69, 9.17) is 10.8 Å². The monoisotopic (exact) mass is 278 g/mol. The molecular formula is C14H18N2O4. The predicted molar refractivity (Wildman–Crippen MR) is 72.1 cm³/mol. The molecule has 1 aliphatic rings. The van der Waals surface area contributed by atoms with E-state index in [1.54, 1.807) is 12.1 Å². The maximum atomic E-state index is 12.0. The number of aromatic hydroxyl groups is 1. The lowest BCUT2D eigenvalue weighted by molar-refractivity contribution is -0.152. The van der Waals surface area contributed by atoms with Crippen LogP contribution in [0.4, 0.5) is 0 Å². The lowest BCUT2D eigenvalue weighted by Crippen LogP contribution is -2.62. The predicted octanol–water partition coefficient (Wildman–Crippen LogP) is 0.385. The van der Waals surface area contributed by atoms with Crippen molar-refractivity contribution in [2.75, 3.05) is 0 Å². The van der Waals surface area contributed by atoms with Crippen molar-refractivity contribution >= 4 is 11.9 Å². The SMILES string of the molecule is NC(Cc1ccc(O)cc1)C(=O)NC1(C(=O)O)CCC1. The fourth-order valence-electron chi connectivity index (χ4n) is 2.23. The van der Waals surface area contributed by atoms with Crippen LogP contribution in [-0.2, 0) is 16.0 Å². The number of phenols is 1. The fourth-order valence-corrected chi connectivity index (χ4v) is 2.23. The first kappa shape index (κ1) is 14.3. The quantitative estimate of drug-likeness (QED) is 0.622. The topological polar surface area (TPSA) is 113 Å². The van der Waals surface area contributed by atoms with Crippen molar-refractivity contribution in [2.45, 2.75) is 37.3 Å². The zero-order chi connectivity index (χ0) is 14.8. The first-order valence-electron chi connectivity index (χ1n) is 6.52. The summed E-state index contributed by atoms with van der Waals surface area (Å²) in [6.07, 6.45) is 1.97. The summed E-state index contributed by atoms with van der Waals surface area (Å²) in [5.41, 5.74) is 5.48. The average Bonchev–Trinajstić information content (AvgIpc) is 2.35. The molecule has 0 radical (unpaired) electrons. The van der Waals surface area contributed by atoms with Gasteiger partial charge in [0.25, 0.3) is 0 Å². The Labute approximate surface area is 116 Å². The minimum Gasteiger partial charge on any atom is -0.508 e. The van der Waals surface area contributed by atoms with E-state index >= 15 is 0 Å². The Balaban J connectivity index is 1.95. The molecule has 1 atom stereocenters. The third-order valence-corrected chi connectivity index (χ3v) is 3.71. The summed E-state index contributed by atoms with van der Waals surface area (Å²) in [5, 5.41) is 20.9. The van der Waals surface area contributed by atoms with Crippen LogP contribution < -0.4 is 11.1 Å². The molecule has 0 bridgehead atoms.